The normalized spacial score (nSPS) is 10.9. The van der Waals surface area contributed by atoms with Gasteiger partial charge in [0.15, 0.2) is 17.4 Å². The highest BCUT2D eigenvalue weighted by atomic mass is 16.1. The summed E-state index contributed by atoms with van der Waals surface area (Å²) in [5.41, 5.74) is 2.54. The third-order valence-corrected chi connectivity index (χ3v) is 5.19. The molecule has 4 nitrogen and oxygen atoms in total. The van der Waals surface area contributed by atoms with Crippen LogP contribution in [0.5, 0.6) is 0 Å². The van der Waals surface area contributed by atoms with Crippen LogP contribution in [0.1, 0.15) is 10.4 Å². The quantitative estimate of drug-likeness (QED) is 0.365. The fourth-order valence-corrected chi connectivity index (χ4v) is 3.65. The second-order valence-electron chi connectivity index (χ2n) is 7.15. The maximum atomic E-state index is 13.2. The van der Waals surface area contributed by atoms with Crippen molar-refractivity contribution in [1.29, 1.82) is 0 Å². The largest absolute Gasteiger partial charge is 0.299 e. The van der Waals surface area contributed by atoms with Crippen molar-refractivity contribution in [2.75, 3.05) is 0 Å². The van der Waals surface area contributed by atoms with Crippen LogP contribution in [-0.2, 0) is 6.54 Å². The lowest BCUT2D eigenvalue weighted by atomic mass is 10.0. The monoisotopic (exact) mass is 389 g/mol. The van der Waals surface area contributed by atoms with Crippen LogP contribution in [0.3, 0.4) is 0 Å². The van der Waals surface area contributed by atoms with E-state index < -0.39 is 0 Å². The molecule has 0 saturated carbocycles. The molecule has 0 bridgehead atoms. The lowest BCUT2D eigenvalue weighted by Crippen LogP contribution is -2.13. The summed E-state index contributed by atoms with van der Waals surface area (Å²) >= 11 is 0. The number of hydrogen-bond acceptors (Lipinski definition) is 3. The Labute approximate surface area is 174 Å². The van der Waals surface area contributed by atoms with E-state index in [0.29, 0.717) is 17.2 Å². The molecule has 0 atom stereocenters. The van der Waals surface area contributed by atoms with Gasteiger partial charge in [-0.3, -0.25) is 9.36 Å². The lowest BCUT2D eigenvalue weighted by Gasteiger charge is -2.11. The van der Waals surface area contributed by atoms with Crippen LogP contribution >= 0.6 is 0 Å². The van der Waals surface area contributed by atoms with Gasteiger partial charge in [0.05, 0.1) is 6.54 Å². The first-order valence-electron chi connectivity index (χ1n) is 9.86. The fraction of sp³-hybridized carbons (Fsp3) is 0.0385. The molecule has 0 N–H and O–H groups in total. The van der Waals surface area contributed by atoms with Crippen molar-refractivity contribution in [3.05, 3.63) is 109 Å². The summed E-state index contributed by atoms with van der Waals surface area (Å²) in [5.74, 6) is 1.39. The van der Waals surface area contributed by atoms with Crippen molar-refractivity contribution in [2.24, 2.45) is 0 Å². The average molecular weight is 389 g/mol. The lowest BCUT2D eigenvalue weighted by molar-refractivity contribution is 0.0973. The Morgan fingerprint density at radius 2 is 1.17 bits per heavy atom. The highest BCUT2D eigenvalue weighted by Crippen LogP contribution is 2.25. The molecule has 5 aromatic rings. The van der Waals surface area contributed by atoms with Gasteiger partial charge in [0, 0.05) is 16.7 Å². The first-order valence-corrected chi connectivity index (χ1v) is 9.86. The maximum absolute atomic E-state index is 13.2. The van der Waals surface area contributed by atoms with E-state index >= 15 is 0 Å². The van der Waals surface area contributed by atoms with Gasteiger partial charge in [-0.25, -0.2) is 0 Å². The highest BCUT2D eigenvalue weighted by molar-refractivity contribution is 6.00. The summed E-state index contributed by atoms with van der Waals surface area (Å²) in [7, 11) is 0. The van der Waals surface area contributed by atoms with Crippen molar-refractivity contribution in [1.82, 2.24) is 14.8 Å². The van der Waals surface area contributed by atoms with E-state index in [2.05, 4.69) is 10.2 Å². The maximum Gasteiger partial charge on any atom is 0.182 e. The number of benzene rings is 4. The van der Waals surface area contributed by atoms with Crippen molar-refractivity contribution in [2.45, 2.75) is 6.54 Å². The number of fused-ring (bicyclic) bond motifs is 1. The van der Waals surface area contributed by atoms with Gasteiger partial charge in [-0.15, -0.1) is 10.2 Å². The molecule has 30 heavy (non-hydrogen) atoms. The molecule has 0 unspecified atom stereocenters. The summed E-state index contributed by atoms with van der Waals surface area (Å²) in [6.45, 7) is 0.166. The first kappa shape index (κ1) is 18.0. The van der Waals surface area contributed by atoms with E-state index in [1.54, 1.807) is 0 Å². The van der Waals surface area contributed by atoms with Crippen molar-refractivity contribution < 1.29 is 4.79 Å². The van der Waals surface area contributed by atoms with Crippen molar-refractivity contribution in [3.8, 4) is 22.8 Å². The average Bonchev–Trinajstić information content (AvgIpc) is 3.23. The zero-order chi connectivity index (χ0) is 20.3. The Morgan fingerprint density at radius 1 is 0.633 bits per heavy atom. The van der Waals surface area contributed by atoms with Gasteiger partial charge < -0.3 is 0 Å². The molecular weight excluding hydrogens is 370 g/mol. The molecular formula is C26H19N3O. The number of ketones is 1. The predicted octanol–water partition coefficient (Wildman–Crippen LogP) is 5.65. The molecule has 0 aliphatic rings. The Morgan fingerprint density at radius 3 is 1.77 bits per heavy atom. The van der Waals surface area contributed by atoms with E-state index in [1.807, 2.05) is 108 Å². The Balaban J connectivity index is 1.57. The summed E-state index contributed by atoms with van der Waals surface area (Å²) in [6.07, 6.45) is 0. The molecule has 1 heterocycles. The summed E-state index contributed by atoms with van der Waals surface area (Å²) < 4.78 is 1.90. The zero-order valence-corrected chi connectivity index (χ0v) is 16.3. The molecule has 1 aromatic heterocycles. The minimum atomic E-state index is 0.0231. The van der Waals surface area contributed by atoms with Crippen LogP contribution in [0.4, 0.5) is 0 Å². The molecule has 0 spiro atoms. The number of aromatic nitrogens is 3. The Bertz CT molecular complexity index is 1270. The number of Topliss-reactive ketones (excluding diaryl/α,β-unsaturated/α-hetero) is 1. The molecule has 4 aromatic carbocycles. The Kier molecular flexibility index (Phi) is 4.66. The van der Waals surface area contributed by atoms with Crippen LogP contribution in [0.15, 0.2) is 103 Å². The summed E-state index contributed by atoms with van der Waals surface area (Å²) in [4.78, 5) is 13.2. The van der Waals surface area contributed by atoms with E-state index in [0.717, 1.165) is 21.9 Å². The van der Waals surface area contributed by atoms with Gasteiger partial charge in [-0.2, -0.15) is 0 Å². The minimum absolute atomic E-state index is 0.0231. The smallest absolute Gasteiger partial charge is 0.182 e. The molecule has 144 valence electrons. The van der Waals surface area contributed by atoms with Gasteiger partial charge in [0.1, 0.15) is 0 Å². The highest BCUT2D eigenvalue weighted by Gasteiger charge is 2.18. The first-order chi connectivity index (χ1) is 14.8. The number of rotatable bonds is 5. The Hall–Kier alpha value is -4.05. The molecule has 0 radical (unpaired) electrons. The second-order valence-corrected chi connectivity index (χ2v) is 7.15. The van der Waals surface area contributed by atoms with Crippen LogP contribution in [0.25, 0.3) is 33.5 Å². The zero-order valence-electron chi connectivity index (χ0n) is 16.3. The third-order valence-electron chi connectivity index (χ3n) is 5.19. The molecule has 0 aliphatic carbocycles. The summed E-state index contributed by atoms with van der Waals surface area (Å²) in [5, 5.41) is 11.0. The number of hydrogen-bond donors (Lipinski definition) is 0. The topological polar surface area (TPSA) is 47.8 Å². The van der Waals surface area contributed by atoms with E-state index in [9.17, 15) is 4.79 Å². The van der Waals surface area contributed by atoms with Gasteiger partial charge in [-0.05, 0) is 16.8 Å². The third kappa shape index (κ3) is 3.40. The second kappa shape index (κ2) is 7.76. The van der Waals surface area contributed by atoms with Crippen LogP contribution < -0.4 is 0 Å². The molecule has 4 heteroatoms. The van der Waals surface area contributed by atoms with Crippen LogP contribution in [0, 0.1) is 0 Å². The minimum Gasteiger partial charge on any atom is -0.299 e. The van der Waals surface area contributed by atoms with Gasteiger partial charge in [0.2, 0.25) is 0 Å². The van der Waals surface area contributed by atoms with Crippen molar-refractivity contribution >= 4 is 16.6 Å². The van der Waals surface area contributed by atoms with Crippen LogP contribution in [0.2, 0.25) is 0 Å². The van der Waals surface area contributed by atoms with E-state index in [-0.39, 0.29) is 12.3 Å². The van der Waals surface area contributed by atoms with Gasteiger partial charge in [-0.1, -0.05) is 97.1 Å². The van der Waals surface area contributed by atoms with Gasteiger partial charge in [0.25, 0.3) is 0 Å². The SMILES string of the molecule is O=C(Cn1c(-c2ccccc2)nnc1-c1ccccc1)c1ccc2ccccc2c1. The van der Waals surface area contributed by atoms with E-state index in [1.165, 1.54) is 0 Å². The van der Waals surface area contributed by atoms with Gasteiger partial charge >= 0.3 is 0 Å². The number of carbonyl (C=O) groups is 1. The molecule has 0 fully saturated rings. The van der Waals surface area contributed by atoms with E-state index in [4.69, 9.17) is 0 Å². The van der Waals surface area contributed by atoms with Crippen LogP contribution in [-0.4, -0.2) is 20.5 Å². The standard InChI is InChI=1S/C26H19N3O/c30-24(23-16-15-19-9-7-8-14-22(19)17-23)18-29-25(20-10-3-1-4-11-20)27-28-26(29)21-12-5-2-6-13-21/h1-17H,18H2. The molecule has 0 aliphatic heterocycles. The number of nitrogens with zero attached hydrogens (tertiary/aromatic N) is 3. The number of carbonyl (C=O) groups excluding carboxylic acids is 1. The molecule has 5 rings (SSSR count). The molecule has 0 saturated heterocycles. The summed E-state index contributed by atoms with van der Waals surface area (Å²) in [6, 6.07) is 33.6. The van der Waals surface area contributed by atoms with Crippen molar-refractivity contribution in [3.63, 3.8) is 0 Å². The molecule has 0 amide bonds. The predicted molar refractivity (Wildman–Crippen MR) is 119 cm³/mol. The fourth-order valence-electron chi connectivity index (χ4n) is 3.65.